The van der Waals surface area contributed by atoms with Crippen molar-refractivity contribution >= 4 is 23.5 Å². The molecule has 1 aromatic carbocycles. The number of carbonyl (C=O) groups excluding carboxylic acids is 3. The van der Waals surface area contributed by atoms with Crippen LogP contribution in [0.1, 0.15) is 6.92 Å². The maximum atomic E-state index is 11.4. The van der Waals surface area contributed by atoms with Crippen molar-refractivity contribution in [2.24, 2.45) is 0 Å². The first kappa shape index (κ1) is 16.9. The lowest BCUT2D eigenvalue weighted by Crippen LogP contribution is -2.29. The van der Waals surface area contributed by atoms with Gasteiger partial charge in [0.1, 0.15) is 5.75 Å². The molecule has 1 aliphatic heterocycles. The van der Waals surface area contributed by atoms with E-state index in [1.54, 1.807) is 12.1 Å². The van der Waals surface area contributed by atoms with Crippen molar-refractivity contribution in [1.82, 2.24) is 0 Å². The third-order valence-electron chi connectivity index (χ3n) is 2.36. The Morgan fingerprint density at radius 3 is 1.91 bits per heavy atom. The largest absolute Gasteiger partial charge is 0.474 e. The summed E-state index contributed by atoms with van der Waals surface area (Å²) in [6, 6.07) is 6.13. The Kier molecular flexibility index (Phi) is 6.31. The van der Waals surface area contributed by atoms with Gasteiger partial charge in [0.05, 0.1) is 18.2 Å². The van der Waals surface area contributed by atoms with E-state index in [0.717, 1.165) is 4.90 Å². The molecule has 1 aromatic rings. The van der Waals surface area contributed by atoms with Crippen LogP contribution >= 0.6 is 0 Å². The van der Waals surface area contributed by atoms with Crippen molar-refractivity contribution in [2.75, 3.05) is 4.90 Å². The zero-order valence-corrected chi connectivity index (χ0v) is 12.0. The minimum atomic E-state index is -0.423. The third-order valence-corrected chi connectivity index (χ3v) is 2.36. The second-order valence-corrected chi connectivity index (χ2v) is 3.90. The maximum absolute atomic E-state index is 11.4. The number of nitrogens with zero attached hydrogens (tertiary/aromatic N) is 1. The minimum absolute atomic E-state index is 0.369. The molecule has 0 spiro atoms. The fraction of sp³-hybridized carbons (Fsp3) is 0.0625. The van der Waals surface area contributed by atoms with Crippen molar-refractivity contribution in [3.8, 4) is 5.75 Å². The van der Waals surface area contributed by atoms with E-state index in [2.05, 4.69) is 17.9 Å². The van der Waals surface area contributed by atoms with E-state index in [1.165, 1.54) is 43.7 Å². The molecule has 6 heteroatoms. The first-order chi connectivity index (χ1) is 10.5. The average Bonchev–Trinajstić information content (AvgIpc) is 2.80. The number of anilines is 1. The smallest absolute Gasteiger partial charge is 0.308 e. The number of carbonyl (C=O) groups is 3. The van der Waals surface area contributed by atoms with Gasteiger partial charge < -0.3 is 9.47 Å². The Morgan fingerprint density at radius 2 is 1.55 bits per heavy atom. The van der Waals surface area contributed by atoms with Crippen LogP contribution < -0.4 is 9.64 Å². The Labute approximate surface area is 127 Å². The summed E-state index contributed by atoms with van der Waals surface area (Å²) >= 11 is 0. The summed E-state index contributed by atoms with van der Waals surface area (Å²) in [5.41, 5.74) is 0.445. The summed E-state index contributed by atoms with van der Waals surface area (Å²) in [5, 5.41) is 0. The molecule has 0 unspecified atom stereocenters. The van der Waals surface area contributed by atoms with Gasteiger partial charge in [-0.05, 0) is 24.3 Å². The number of imide groups is 1. The summed E-state index contributed by atoms with van der Waals surface area (Å²) in [7, 11) is 0. The van der Waals surface area contributed by atoms with E-state index in [4.69, 9.17) is 4.74 Å². The molecular formula is C16H15NO5. The van der Waals surface area contributed by atoms with Gasteiger partial charge in [0, 0.05) is 19.1 Å². The molecule has 0 bridgehead atoms. The lowest BCUT2D eigenvalue weighted by atomic mass is 10.3. The van der Waals surface area contributed by atoms with Gasteiger partial charge in [-0.15, -0.1) is 0 Å². The third kappa shape index (κ3) is 4.75. The number of benzene rings is 1. The van der Waals surface area contributed by atoms with Crippen LogP contribution in [0.15, 0.2) is 62.1 Å². The van der Waals surface area contributed by atoms with Crippen molar-refractivity contribution in [3.63, 3.8) is 0 Å². The molecule has 0 radical (unpaired) electrons. The van der Waals surface area contributed by atoms with E-state index < -0.39 is 5.97 Å². The molecular weight excluding hydrogens is 286 g/mol. The highest BCUT2D eigenvalue weighted by Gasteiger charge is 2.24. The van der Waals surface area contributed by atoms with Crippen molar-refractivity contribution < 1.29 is 23.9 Å². The Balaban J connectivity index is 0.000000422. The lowest BCUT2D eigenvalue weighted by molar-refractivity contribution is -0.132. The number of hydrogen-bond donors (Lipinski definition) is 0. The van der Waals surface area contributed by atoms with Gasteiger partial charge in [-0.3, -0.25) is 14.4 Å². The molecule has 2 rings (SSSR count). The Hall–Kier alpha value is -3.15. The van der Waals surface area contributed by atoms with Gasteiger partial charge >= 0.3 is 5.97 Å². The predicted octanol–water partition coefficient (Wildman–Crippen LogP) is 2.33. The van der Waals surface area contributed by atoms with Crippen LogP contribution in [-0.4, -0.2) is 17.8 Å². The lowest BCUT2D eigenvalue weighted by Gasteiger charge is -2.13. The van der Waals surface area contributed by atoms with E-state index in [0.29, 0.717) is 11.4 Å². The second kappa shape index (κ2) is 8.21. The number of rotatable bonds is 4. The first-order valence-corrected chi connectivity index (χ1v) is 6.21. The number of amides is 2. The molecule has 0 fully saturated rings. The van der Waals surface area contributed by atoms with Gasteiger partial charge in [-0.25, -0.2) is 4.90 Å². The standard InChI is InChI=1S/C12H9NO4.C4H6O/c1-8(14)17-10-4-2-9(3-5-10)13-11(15)6-7-12(13)16;1-3-5-4-2/h2-7H,1H3;3-4H,1-2H2. The molecule has 114 valence electrons. The maximum Gasteiger partial charge on any atom is 0.308 e. The molecule has 1 aliphatic rings. The molecule has 22 heavy (non-hydrogen) atoms. The van der Waals surface area contributed by atoms with Gasteiger partial charge in [0.15, 0.2) is 0 Å². The zero-order chi connectivity index (χ0) is 16.5. The molecule has 1 heterocycles. The molecule has 0 aromatic heterocycles. The van der Waals surface area contributed by atoms with Crippen molar-refractivity contribution in [3.05, 3.63) is 62.1 Å². The monoisotopic (exact) mass is 301 g/mol. The fourth-order valence-electron chi connectivity index (χ4n) is 1.55. The van der Waals surface area contributed by atoms with Crippen LogP contribution in [0.5, 0.6) is 5.75 Å². The van der Waals surface area contributed by atoms with Crippen LogP contribution in [0.2, 0.25) is 0 Å². The van der Waals surface area contributed by atoms with E-state index in [-0.39, 0.29) is 11.8 Å². The normalized spacial score (nSPS) is 12.3. The summed E-state index contributed by atoms with van der Waals surface area (Å²) in [5.74, 6) is -0.813. The molecule has 6 nitrogen and oxygen atoms in total. The van der Waals surface area contributed by atoms with E-state index in [9.17, 15) is 14.4 Å². The van der Waals surface area contributed by atoms with Crippen LogP contribution in [-0.2, 0) is 19.1 Å². The Bertz CT molecular complexity index is 592. The summed E-state index contributed by atoms with van der Waals surface area (Å²) in [6.45, 7) is 7.81. The van der Waals surface area contributed by atoms with Crippen LogP contribution in [0.25, 0.3) is 0 Å². The van der Waals surface area contributed by atoms with E-state index >= 15 is 0 Å². The quantitative estimate of drug-likeness (QED) is 0.369. The van der Waals surface area contributed by atoms with Crippen molar-refractivity contribution in [1.29, 1.82) is 0 Å². The number of hydrogen-bond acceptors (Lipinski definition) is 5. The zero-order valence-electron chi connectivity index (χ0n) is 12.0. The van der Waals surface area contributed by atoms with Gasteiger partial charge in [0.25, 0.3) is 11.8 Å². The minimum Gasteiger partial charge on any atom is -0.474 e. The highest BCUT2D eigenvalue weighted by atomic mass is 16.5. The fourth-order valence-corrected chi connectivity index (χ4v) is 1.55. The van der Waals surface area contributed by atoms with Crippen molar-refractivity contribution in [2.45, 2.75) is 6.92 Å². The van der Waals surface area contributed by atoms with Gasteiger partial charge in [-0.1, -0.05) is 13.2 Å². The summed E-state index contributed by atoms with van der Waals surface area (Å²) in [4.78, 5) is 34.5. The van der Waals surface area contributed by atoms with Gasteiger partial charge in [-0.2, -0.15) is 0 Å². The molecule has 0 atom stereocenters. The molecule has 2 amide bonds. The predicted molar refractivity (Wildman–Crippen MR) is 80.9 cm³/mol. The van der Waals surface area contributed by atoms with E-state index in [1.807, 2.05) is 0 Å². The van der Waals surface area contributed by atoms with Crippen LogP contribution in [0.4, 0.5) is 5.69 Å². The average molecular weight is 301 g/mol. The highest BCUT2D eigenvalue weighted by Crippen LogP contribution is 2.22. The number of ether oxygens (including phenoxy) is 2. The van der Waals surface area contributed by atoms with Crippen LogP contribution in [0.3, 0.4) is 0 Å². The molecule has 0 N–H and O–H groups in total. The topological polar surface area (TPSA) is 72.9 Å². The summed E-state index contributed by atoms with van der Waals surface area (Å²) < 4.78 is 9.20. The SMILES string of the molecule is C=COC=C.CC(=O)Oc1ccc(N2C(=O)C=CC2=O)cc1. The highest BCUT2D eigenvalue weighted by molar-refractivity contribution is 6.28. The molecule has 0 saturated carbocycles. The van der Waals surface area contributed by atoms with Gasteiger partial charge in [0.2, 0.25) is 0 Å². The Morgan fingerprint density at radius 1 is 1.05 bits per heavy atom. The first-order valence-electron chi connectivity index (χ1n) is 6.21. The molecule has 0 saturated heterocycles. The number of esters is 1. The van der Waals surface area contributed by atoms with Crippen LogP contribution in [0, 0.1) is 0 Å². The second-order valence-electron chi connectivity index (χ2n) is 3.90. The summed E-state index contributed by atoms with van der Waals surface area (Å²) in [6.07, 6.45) is 5.05. The molecule has 0 aliphatic carbocycles.